The topological polar surface area (TPSA) is 81.0 Å². The van der Waals surface area contributed by atoms with E-state index in [0.29, 0.717) is 45.5 Å². The molecule has 0 radical (unpaired) electrons. The summed E-state index contributed by atoms with van der Waals surface area (Å²) in [6, 6.07) is 8.19. The minimum absolute atomic E-state index is 0.139. The van der Waals surface area contributed by atoms with Crippen LogP contribution in [0.1, 0.15) is 24.0 Å². The van der Waals surface area contributed by atoms with E-state index in [1.165, 1.54) is 5.56 Å². The third kappa shape index (κ3) is 4.82. The van der Waals surface area contributed by atoms with Crippen molar-refractivity contribution in [2.45, 2.75) is 44.6 Å². The Morgan fingerprint density at radius 2 is 2.00 bits per heavy atom. The van der Waals surface area contributed by atoms with Crippen LogP contribution in [0.5, 0.6) is 5.88 Å². The molecule has 8 heteroatoms. The van der Waals surface area contributed by atoms with Gasteiger partial charge in [0.05, 0.1) is 38.2 Å². The summed E-state index contributed by atoms with van der Waals surface area (Å²) in [4.78, 5) is 16.7. The number of hydrogen-bond acceptors (Lipinski definition) is 7. The van der Waals surface area contributed by atoms with Gasteiger partial charge in [-0.3, -0.25) is 4.57 Å². The van der Waals surface area contributed by atoms with Crippen LogP contribution in [0.25, 0.3) is 11.3 Å². The van der Waals surface area contributed by atoms with Gasteiger partial charge in [-0.15, -0.1) is 0 Å². The van der Waals surface area contributed by atoms with Crippen LogP contribution in [-0.4, -0.2) is 61.4 Å². The fraction of sp³-hybridized carbons (Fsp3) is 0.565. The monoisotopic (exact) mass is 428 g/mol. The van der Waals surface area contributed by atoms with Crippen molar-refractivity contribution in [2.75, 3.05) is 39.6 Å². The van der Waals surface area contributed by atoms with Crippen LogP contribution in [0.15, 0.2) is 29.1 Å². The third-order valence-electron chi connectivity index (χ3n) is 5.99. The van der Waals surface area contributed by atoms with Crippen LogP contribution in [0.4, 0.5) is 0 Å². The minimum Gasteiger partial charge on any atom is -0.475 e. The van der Waals surface area contributed by atoms with E-state index in [2.05, 4.69) is 23.2 Å². The van der Waals surface area contributed by atoms with Crippen molar-refractivity contribution >= 4 is 0 Å². The largest absolute Gasteiger partial charge is 0.475 e. The van der Waals surface area contributed by atoms with E-state index in [4.69, 9.17) is 23.7 Å². The Morgan fingerprint density at radius 1 is 1.10 bits per heavy atom. The van der Waals surface area contributed by atoms with Crippen LogP contribution in [0.2, 0.25) is 0 Å². The van der Waals surface area contributed by atoms with Crippen LogP contribution in [0, 0.1) is 0 Å². The van der Waals surface area contributed by atoms with Crippen LogP contribution in [-0.2, 0) is 38.5 Å². The molecule has 3 aliphatic heterocycles. The molecule has 8 nitrogen and oxygen atoms in total. The predicted molar refractivity (Wildman–Crippen MR) is 112 cm³/mol. The molecule has 0 bridgehead atoms. The molecule has 3 aliphatic rings. The minimum atomic E-state index is -0.286. The van der Waals surface area contributed by atoms with E-state index < -0.39 is 0 Å². The van der Waals surface area contributed by atoms with Crippen LogP contribution >= 0.6 is 0 Å². The molecule has 1 aromatic carbocycles. The summed E-state index contributed by atoms with van der Waals surface area (Å²) in [6.45, 7) is 4.72. The van der Waals surface area contributed by atoms with Crippen molar-refractivity contribution < 1.29 is 23.7 Å². The molecule has 2 saturated heterocycles. The maximum Gasteiger partial charge on any atom is 0.351 e. The molecule has 1 aromatic heterocycles. The number of benzene rings is 1. The lowest BCUT2D eigenvalue weighted by Crippen LogP contribution is -2.34. The molecule has 1 unspecified atom stereocenters. The van der Waals surface area contributed by atoms with Gasteiger partial charge in [-0.05, 0) is 30.4 Å². The van der Waals surface area contributed by atoms with Crippen molar-refractivity contribution in [3.8, 4) is 17.1 Å². The first-order valence-corrected chi connectivity index (χ1v) is 11.0. The molecule has 0 spiro atoms. The molecule has 2 aromatic rings. The Morgan fingerprint density at radius 3 is 2.84 bits per heavy atom. The van der Waals surface area contributed by atoms with E-state index in [9.17, 15) is 4.79 Å². The van der Waals surface area contributed by atoms with Crippen molar-refractivity contribution in [1.82, 2.24) is 9.55 Å². The summed E-state index contributed by atoms with van der Waals surface area (Å²) < 4.78 is 29.9. The smallest absolute Gasteiger partial charge is 0.351 e. The van der Waals surface area contributed by atoms with E-state index in [1.807, 2.05) is 6.07 Å². The average molecular weight is 428 g/mol. The first-order valence-electron chi connectivity index (χ1n) is 11.0. The molecule has 0 aliphatic carbocycles. The summed E-state index contributed by atoms with van der Waals surface area (Å²) in [6.07, 6.45) is 2.83. The lowest BCUT2D eigenvalue weighted by molar-refractivity contribution is -0.102. The number of ether oxygens (including phenoxy) is 5. The molecule has 1 atom stereocenters. The number of aromatic nitrogens is 2. The van der Waals surface area contributed by atoms with E-state index in [0.717, 1.165) is 49.3 Å². The molecular weight excluding hydrogens is 400 g/mol. The lowest BCUT2D eigenvalue weighted by atomic mass is 9.95. The highest BCUT2D eigenvalue weighted by Gasteiger charge is 2.21. The molecule has 5 rings (SSSR count). The second-order valence-corrected chi connectivity index (χ2v) is 8.16. The zero-order valence-electron chi connectivity index (χ0n) is 17.6. The Kier molecular flexibility index (Phi) is 6.31. The fourth-order valence-corrected chi connectivity index (χ4v) is 4.29. The van der Waals surface area contributed by atoms with Gasteiger partial charge in [0, 0.05) is 31.4 Å². The van der Waals surface area contributed by atoms with Gasteiger partial charge in [0.25, 0.3) is 0 Å². The summed E-state index contributed by atoms with van der Waals surface area (Å²) in [7, 11) is 0. The molecule has 31 heavy (non-hydrogen) atoms. The van der Waals surface area contributed by atoms with Gasteiger partial charge in [-0.2, -0.15) is 4.98 Å². The zero-order chi connectivity index (χ0) is 21.0. The molecule has 166 valence electrons. The third-order valence-corrected chi connectivity index (χ3v) is 5.99. The molecule has 0 amide bonds. The van der Waals surface area contributed by atoms with Gasteiger partial charge in [0.1, 0.15) is 12.7 Å². The van der Waals surface area contributed by atoms with Crippen molar-refractivity contribution in [3.05, 3.63) is 45.9 Å². The van der Waals surface area contributed by atoms with Gasteiger partial charge >= 0.3 is 5.69 Å². The fourth-order valence-electron chi connectivity index (χ4n) is 4.29. The summed E-state index contributed by atoms with van der Waals surface area (Å²) >= 11 is 0. The van der Waals surface area contributed by atoms with Gasteiger partial charge in [-0.25, -0.2) is 4.79 Å². The highest BCUT2D eigenvalue weighted by Crippen LogP contribution is 2.31. The molecule has 2 fully saturated rings. The standard InChI is InChI=1S/C23H28N2O6/c26-23-24-22(31-15-19-14-28-9-10-29-19)12-21-20-2-1-16(11-17(20)3-6-25(21)23)13-30-18-4-7-27-8-5-18/h1-2,11-12,18-19H,3-10,13-15H2. The van der Waals surface area contributed by atoms with Gasteiger partial charge < -0.3 is 23.7 Å². The Bertz CT molecular complexity index is 963. The SMILES string of the molecule is O=c1nc(OCC2COCCO2)cc2n1CCc1cc(COC3CCOCC3)ccc1-2. The first-order chi connectivity index (χ1) is 15.3. The maximum atomic E-state index is 12.6. The average Bonchev–Trinajstić information content (AvgIpc) is 2.82. The summed E-state index contributed by atoms with van der Waals surface area (Å²) in [5.41, 5.74) is 3.97. The van der Waals surface area contributed by atoms with E-state index >= 15 is 0 Å². The number of aryl methyl sites for hydroxylation is 1. The van der Waals surface area contributed by atoms with Crippen LogP contribution in [0.3, 0.4) is 0 Å². The number of nitrogens with zero attached hydrogens (tertiary/aromatic N) is 2. The van der Waals surface area contributed by atoms with Crippen molar-refractivity contribution in [3.63, 3.8) is 0 Å². The number of hydrogen-bond donors (Lipinski definition) is 0. The number of rotatable bonds is 6. The van der Waals surface area contributed by atoms with Crippen molar-refractivity contribution in [1.29, 1.82) is 0 Å². The maximum absolute atomic E-state index is 12.6. The highest BCUT2D eigenvalue weighted by molar-refractivity contribution is 5.67. The predicted octanol–water partition coefficient (Wildman–Crippen LogP) is 1.96. The van der Waals surface area contributed by atoms with Gasteiger partial charge in [-0.1, -0.05) is 18.2 Å². The summed E-state index contributed by atoms with van der Waals surface area (Å²) in [5.74, 6) is 0.324. The Balaban J connectivity index is 1.31. The highest BCUT2D eigenvalue weighted by atomic mass is 16.6. The van der Waals surface area contributed by atoms with Gasteiger partial charge in [0.2, 0.25) is 5.88 Å². The Labute approximate surface area is 181 Å². The second-order valence-electron chi connectivity index (χ2n) is 8.16. The lowest BCUT2D eigenvalue weighted by Gasteiger charge is -2.25. The second kappa shape index (κ2) is 9.48. The quantitative estimate of drug-likeness (QED) is 0.696. The summed E-state index contributed by atoms with van der Waals surface area (Å²) in [5, 5.41) is 0. The first kappa shape index (κ1) is 20.6. The number of fused-ring (bicyclic) bond motifs is 3. The molecule has 4 heterocycles. The molecule has 0 saturated carbocycles. The normalized spacial score (nSPS) is 21.4. The molecular formula is C23H28N2O6. The van der Waals surface area contributed by atoms with Crippen LogP contribution < -0.4 is 10.4 Å². The molecule has 0 N–H and O–H groups in total. The van der Waals surface area contributed by atoms with E-state index in [1.54, 1.807) is 4.57 Å². The Hall–Kier alpha value is -2.26. The van der Waals surface area contributed by atoms with Crippen molar-refractivity contribution in [2.24, 2.45) is 0 Å². The van der Waals surface area contributed by atoms with Gasteiger partial charge in [0.15, 0.2) is 0 Å². The van der Waals surface area contributed by atoms with E-state index in [-0.39, 0.29) is 17.9 Å². The zero-order valence-corrected chi connectivity index (χ0v) is 17.6.